The highest BCUT2D eigenvalue weighted by atomic mass is 32.2. The molecule has 41 heavy (non-hydrogen) atoms. The molecule has 218 valence electrons. The van der Waals surface area contributed by atoms with Crippen LogP contribution in [0.1, 0.15) is 43.2 Å². The molecule has 1 aliphatic carbocycles. The van der Waals surface area contributed by atoms with Gasteiger partial charge < -0.3 is 15.5 Å². The highest BCUT2D eigenvalue weighted by Gasteiger charge is 2.57. The molecule has 12 heteroatoms. The van der Waals surface area contributed by atoms with Crippen LogP contribution in [0, 0.1) is 34.8 Å². The van der Waals surface area contributed by atoms with Crippen molar-refractivity contribution in [1.82, 2.24) is 19.8 Å². The van der Waals surface area contributed by atoms with E-state index in [-0.39, 0.29) is 42.1 Å². The van der Waals surface area contributed by atoms with Crippen LogP contribution in [0.4, 0.5) is 8.78 Å². The average molecular weight is 586 g/mol. The Morgan fingerprint density at radius 2 is 1.85 bits per heavy atom. The van der Waals surface area contributed by atoms with Gasteiger partial charge in [0.25, 0.3) is 0 Å². The number of unbranched alkanes of at least 4 members (excludes halogenated alkanes) is 1. The first-order valence-corrected chi connectivity index (χ1v) is 15.3. The summed E-state index contributed by atoms with van der Waals surface area (Å²) >= 11 is 0. The first kappa shape index (κ1) is 29.1. The lowest BCUT2D eigenvalue weighted by atomic mass is 10.0. The molecule has 2 N–H and O–H groups in total. The molecule has 9 nitrogen and oxygen atoms in total. The maximum atomic E-state index is 14.2. The van der Waals surface area contributed by atoms with Gasteiger partial charge in [-0.25, -0.2) is 17.2 Å². The number of carbonyl (C=O) groups excluding carboxylic acids is 2. The molecule has 3 fully saturated rings. The first-order valence-electron chi connectivity index (χ1n) is 13.9. The number of nitriles is 1. The van der Waals surface area contributed by atoms with E-state index in [0.29, 0.717) is 30.8 Å². The second-order valence-electron chi connectivity index (χ2n) is 11.0. The van der Waals surface area contributed by atoms with E-state index in [2.05, 4.69) is 10.6 Å². The number of rotatable bonds is 9. The lowest BCUT2D eigenvalue weighted by molar-refractivity contribution is -0.129. The third-order valence-electron chi connectivity index (χ3n) is 8.27. The molecule has 2 unspecified atom stereocenters. The van der Waals surface area contributed by atoms with Crippen molar-refractivity contribution in [3.63, 3.8) is 0 Å². The number of hydrogen-bond acceptors (Lipinski definition) is 6. The molecular formula is C29H33F2N5O4S. The number of carbonyl (C=O) groups is 2. The highest BCUT2D eigenvalue weighted by Crippen LogP contribution is 2.51. The van der Waals surface area contributed by atoms with E-state index in [4.69, 9.17) is 5.26 Å². The summed E-state index contributed by atoms with van der Waals surface area (Å²) in [6, 6.07) is 10.1. The molecule has 0 spiro atoms. The van der Waals surface area contributed by atoms with E-state index >= 15 is 0 Å². The van der Waals surface area contributed by atoms with Gasteiger partial charge >= 0.3 is 0 Å². The monoisotopic (exact) mass is 585 g/mol. The summed E-state index contributed by atoms with van der Waals surface area (Å²) < 4.78 is 56.5. The fourth-order valence-corrected chi connectivity index (χ4v) is 7.56. The molecule has 2 aliphatic heterocycles. The Bertz CT molecular complexity index is 1440. The Labute approximate surface area is 238 Å². The number of halogens is 2. The van der Waals surface area contributed by atoms with E-state index in [1.165, 1.54) is 40.7 Å². The molecule has 2 saturated heterocycles. The van der Waals surface area contributed by atoms with Crippen LogP contribution in [0.5, 0.6) is 0 Å². The molecule has 1 saturated carbocycles. The zero-order valence-corrected chi connectivity index (χ0v) is 23.5. The van der Waals surface area contributed by atoms with Crippen LogP contribution < -0.4 is 10.6 Å². The Hall–Kier alpha value is -3.40. The number of benzene rings is 2. The molecule has 2 aromatic carbocycles. The highest BCUT2D eigenvalue weighted by molar-refractivity contribution is 7.89. The van der Waals surface area contributed by atoms with Crippen molar-refractivity contribution in [2.75, 3.05) is 32.7 Å². The third kappa shape index (κ3) is 6.12. The summed E-state index contributed by atoms with van der Waals surface area (Å²) in [5.41, 5.74) is 0.736. The third-order valence-corrected chi connectivity index (χ3v) is 10.2. The molecule has 5 atom stereocenters. The van der Waals surface area contributed by atoms with Crippen molar-refractivity contribution in [1.29, 1.82) is 5.26 Å². The smallest absolute Gasteiger partial charge is 0.243 e. The second kappa shape index (κ2) is 11.8. The maximum Gasteiger partial charge on any atom is 0.243 e. The normalized spacial score (nSPS) is 26.5. The Kier molecular flexibility index (Phi) is 8.40. The van der Waals surface area contributed by atoms with Crippen molar-refractivity contribution in [2.45, 2.75) is 49.1 Å². The van der Waals surface area contributed by atoms with Gasteiger partial charge in [-0.05, 0) is 48.4 Å². The summed E-state index contributed by atoms with van der Waals surface area (Å²) in [4.78, 5) is 27.5. The van der Waals surface area contributed by atoms with Gasteiger partial charge in [0.1, 0.15) is 11.6 Å². The summed E-state index contributed by atoms with van der Waals surface area (Å²) in [6.45, 7) is 3.64. The van der Waals surface area contributed by atoms with Gasteiger partial charge in [0.15, 0.2) is 0 Å². The van der Waals surface area contributed by atoms with Gasteiger partial charge in [0.05, 0.1) is 22.4 Å². The predicted molar refractivity (Wildman–Crippen MR) is 146 cm³/mol. The van der Waals surface area contributed by atoms with E-state index in [1.807, 2.05) is 13.0 Å². The molecule has 5 rings (SSSR count). The Morgan fingerprint density at radius 1 is 1.15 bits per heavy atom. The Morgan fingerprint density at radius 3 is 2.51 bits per heavy atom. The lowest BCUT2D eigenvalue weighted by Crippen LogP contribution is -2.54. The SMILES string of the molecule is CCCCN1CC(C(=O)NC2[C@@H]([C@H]3CN(S(=O)(=O)c4ccc(C#N)cc4)CCN3)[C@H]2c2cc(F)cc(F)c2)CC1=O. The fraction of sp³-hybridized carbons (Fsp3) is 0.483. The van der Waals surface area contributed by atoms with Crippen molar-refractivity contribution in [3.8, 4) is 6.07 Å². The number of likely N-dealkylation sites (tertiary alicyclic amines) is 1. The molecule has 2 amide bonds. The molecule has 2 aromatic rings. The van der Waals surface area contributed by atoms with Gasteiger partial charge in [-0.1, -0.05) is 13.3 Å². The minimum absolute atomic E-state index is 0.0627. The predicted octanol–water partition coefficient (Wildman–Crippen LogP) is 2.35. The number of nitrogens with one attached hydrogen (secondary N) is 2. The number of hydrogen-bond donors (Lipinski definition) is 2. The van der Waals surface area contributed by atoms with Crippen LogP contribution in [-0.2, 0) is 19.6 Å². The van der Waals surface area contributed by atoms with Crippen LogP contribution >= 0.6 is 0 Å². The van der Waals surface area contributed by atoms with Crippen molar-refractivity contribution >= 4 is 21.8 Å². The van der Waals surface area contributed by atoms with Gasteiger partial charge in [0.2, 0.25) is 21.8 Å². The zero-order chi connectivity index (χ0) is 29.3. The van der Waals surface area contributed by atoms with Crippen LogP contribution in [-0.4, -0.2) is 74.2 Å². The quantitative estimate of drug-likeness (QED) is 0.466. The molecule has 2 heterocycles. The van der Waals surface area contributed by atoms with Crippen LogP contribution in [0.15, 0.2) is 47.4 Å². The minimum atomic E-state index is -3.86. The lowest BCUT2D eigenvalue weighted by Gasteiger charge is -2.33. The summed E-state index contributed by atoms with van der Waals surface area (Å²) in [5.74, 6) is -3.09. The van der Waals surface area contributed by atoms with E-state index in [0.717, 1.165) is 18.9 Å². The van der Waals surface area contributed by atoms with Gasteiger partial charge in [-0.15, -0.1) is 0 Å². The van der Waals surface area contributed by atoms with Gasteiger partial charge in [0, 0.05) is 69.1 Å². The van der Waals surface area contributed by atoms with Crippen LogP contribution in [0.25, 0.3) is 0 Å². The Balaban J connectivity index is 1.34. The topological polar surface area (TPSA) is 123 Å². The number of sulfonamides is 1. The standard InChI is InChI=1S/C29H33F2N5O4S/c1-2-3-9-35-16-20(13-25(35)37)29(38)34-28-26(19-11-21(30)14-22(31)12-19)27(28)24-17-36(10-8-33-24)41(39,40)23-6-4-18(15-32)5-7-23/h4-7,11-12,14,20,24,26-28,33H,2-3,8-10,13,16-17H2,1H3,(H,34,38)/t20?,24-,26-,27+,28?/m1/s1. The fourth-order valence-electron chi connectivity index (χ4n) is 6.09. The van der Waals surface area contributed by atoms with E-state index < -0.39 is 45.6 Å². The number of piperazine rings is 1. The van der Waals surface area contributed by atoms with Gasteiger partial charge in [-0.2, -0.15) is 9.57 Å². The molecular weight excluding hydrogens is 552 g/mol. The zero-order valence-electron chi connectivity index (χ0n) is 22.7. The second-order valence-corrected chi connectivity index (χ2v) is 12.9. The van der Waals surface area contributed by atoms with Crippen LogP contribution in [0.3, 0.4) is 0 Å². The molecule has 0 aromatic heterocycles. The molecule has 3 aliphatic rings. The summed E-state index contributed by atoms with van der Waals surface area (Å²) in [6.07, 6.45) is 1.90. The number of amides is 2. The van der Waals surface area contributed by atoms with Crippen LogP contribution in [0.2, 0.25) is 0 Å². The first-order chi connectivity index (χ1) is 19.6. The van der Waals surface area contributed by atoms with Crippen molar-refractivity contribution in [2.24, 2.45) is 11.8 Å². The molecule has 0 radical (unpaired) electrons. The van der Waals surface area contributed by atoms with Crippen molar-refractivity contribution in [3.05, 3.63) is 65.2 Å². The minimum Gasteiger partial charge on any atom is -0.352 e. The summed E-state index contributed by atoms with van der Waals surface area (Å²) in [7, 11) is -3.86. The van der Waals surface area contributed by atoms with Gasteiger partial charge in [-0.3, -0.25) is 9.59 Å². The number of nitrogens with zero attached hydrogens (tertiary/aromatic N) is 3. The average Bonchev–Trinajstić information content (AvgIpc) is 3.54. The largest absolute Gasteiger partial charge is 0.352 e. The van der Waals surface area contributed by atoms with E-state index in [1.54, 1.807) is 4.90 Å². The maximum absolute atomic E-state index is 14.2. The van der Waals surface area contributed by atoms with Crippen molar-refractivity contribution < 1.29 is 26.8 Å². The van der Waals surface area contributed by atoms with E-state index in [9.17, 15) is 26.8 Å². The summed E-state index contributed by atoms with van der Waals surface area (Å²) in [5, 5.41) is 15.4. The molecule has 0 bridgehead atoms.